The van der Waals surface area contributed by atoms with Crippen molar-refractivity contribution in [3.63, 3.8) is 0 Å². The minimum atomic E-state index is -1.99. The van der Waals surface area contributed by atoms with Crippen molar-refractivity contribution in [2.45, 2.75) is 27.7 Å². The molecule has 0 heterocycles. The smallest absolute Gasteiger partial charge is 0.148 e. The van der Waals surface area contributed by atoms with Gasteiger partial charge in [-0.25, -0.2) is 0 Å². The Morgan fingerprint density at radius 3 is 1.55 bits per heavy atom. The van der Waals surface area contributed by atoms with E-state index in [0.29, 0.717) is 11.8 Å². The lowest BCUT2D eigenvalue weighted by Gasteiger charge is -2.14. The summed E-state index contributed by atoms with van der Waals surface area (Å²) in [5, 5.41) is 0. The second kappa shape index (κ2) is 4.67. The molecule has 0 aromatic carbocycles. The average molecular weight is 241 g/mol. The lowest BCUT2D eigenvalue weighted by atomic mass is 10.3. The Kier molecular flexibility index (Phi) is 4.97. The highest BCUT2D eigenvalue weighted by Crippen LogP contribution is 2.56. The first-order valence-corrected chi connectivity index (χ1v) is 8.21. The molecule has 0 aromatic heterocycles. The molecule has 0 fully saturated rings. The van der Waals surface area contributed by atoms with Crippen molar-refractivity contribution in [1.29, 1.82) is 0 Å². The van der Waals surface area contributed by atoms with Gasteiger partial charge in [-0.05, 0) is 27.3 Å². The summed E-state index contributed by atoms with van der Waals surface area (Å²) in [5.41, 5.74) is 0. The summed E-state index contributed by atoms with van der Waals surface area (Å²) in [6.07, 6.45) is 1.65. The van der Waals surface area contributed by atoms with E-state index in [1.165, 1.54) is 0 Å². The molecule has 0 aliphatic carbocycles. The minimum absolute atomic E-state index is 0.527. The monoisotopic (exact) mass is 240 g/mol. The van der Waals surface area contributed by atoms with E-state index < -0.39 is 5.84 Å². The summed E-state index contributed by atoms with van der Waals surface area (Å²) in [7, 11) is 0. The van der Waals surface area contributed by atoms with E-state index in [1.54, 1.807) is 0 Å². The van der Waals surface area contributed by atoms with Crippen LogP contribution in [-0.4, -0.2) is 12.3 Å². The zero-order valence-corrected chi connectivity index (χ0v) is 10.3. The van der Waals surface area contributed by atoms with Gasteiger partial charge in [0.2, 0.25) is 0 Å². The highest BCUT2D eigenvalue weighted by atomic mass is 79.9. The van der Waals surface area contributed by atoms with Crippen LogP contribution < -0.4 is 0 Å². The molecule has 11 heavy (non-hydrogen) atoms. The topological polar surface area (TPSA) is 17.1 Å². The first kappa shape index (κ1) is 11.7. The zero-order chi connectivity index (χ0) is 9.07. The first-order valence-electron chi connectivity index (χ1n) is 4.11. The van der Waals surface area contributed by atoms with Gasteiger partial charge in [-0.2, -0.15) is 0 Å². The molecule has 0 aliphatic rings. The van der Waals surface area contributed by atoms with E-state index in [9.17, 15) is 4.57 Å². The Hall–Kier alpha value is 0.710. The van der Waals surface area contributed by atoms with Gasteiger partial charge in [0, 0.05) is 12.3 Å². The van der Waals surface area contributed by atoms with E-state index in [4.69, 9.17) is 0 Å². The highest BCUT2D eigenvalue weighted by Gasteiger charge is 2.20. The van der Waals surface area contributed by atoms with Crippen LogP contribution >= 0.6 is 21.3 Å². The molecule has 0 unspecified atom stereocenters. The Bertz CT molecular complexity index is 140. The number of hydrogen-bond acceptors (Lipinski definition) is 1. The van der Waals surface area contributed by atoms with Crippen LogP contribution in [0, 0.1) is 11.8 Å². The van der Waals surface area contributed by atoms with Crippen molar-refractivity contribution < 1.29 is 4.57 Å². The predicted molar refractivity (Wildman–Crippen MR) is 55.9 cm³/mol. The van der Waals surface area contributed by atoms with Crippen LogP contribution in [0.25, 0.3) is 0 Å². The summed E-state index contributed by atoms with van der Waals surface area (Å²) in [4.78, 5) is 0. The second-order valence-electron chi connectivity index (χ2n) is 3.94. The molecule has 0 spiro atoms. The summed E-state index contributed by atoms with van der Waals surface area (Å²) in [5.74, 6) is -0.939. The van der Waals surface area contributed by atoms with Gasteiger partial charge in [0.1, 0.15) is 5.84 Å². The minimum Gasteiger partial charge on any atom is -0.312 e. The van der Waals surface area contributed by atoms with E-state index in [-0.39, 0.29) is 0 Å². The van der Waals surface area contributed by atoms with Crippen LogP contribution in [0.2, 0.25) is 0 Å². The second-order valence-corrected chi connectivity index (χ2v) is 10.1. The lowest BCUT2D eigenvalue weighted by Crippen LogP contribution is -2.01. The van der Waals surface area contributed by atoms with E-state index >= 15 is 0 Å². The van der Waals surface area contributed by atoms with Crippen molar-refractivity contribution >= 4 is 21.3 Å². The quantitative estimate of drug-likeness (QED) is 0.680. The van der Waals surface area contributed by atoms with Gasteiger partial charge in [-0.3, -0.25) is 0 Å². The number of hydrogen-bond donors (Lipinski definition) is 0. The van der Waals surface area contributed by atoms with Gasteiger partial charge in [0.25, 0.3) is 0 Å². The largest absolute Gasteiger partial charge is 0.312 e. The Morgan fingerprint density at radius 1 is 1.09 bits per heavy atom. The van der Waals surface area contributed by atoms with Gasteiger partial charge in [-0.1, -0.05) is 27.7 Å². The zero-order valence-electron chi connectivity index (χ0n) is 7.80. The van der Waals surface area contributed by atoms with Crippen LogP contribution in [-0.2, 0) is 4.57 Å². The Balaban J connectivity index is 3.91. The molecule has 0 amide bonds. The van der Waals surface area contributed by atoms with E-state index in [0.717, 1.165) is 12.3 Å². The number of rotatable bonds is 4. The van der Waals surface area contributed by atoms with Gasteiger partial charge >= 0.3 is 0 Å². The molecule has 0 radical (unpaired) electrons. The van der Waals surface area contributed by atoms with Crippen molar-refractivity contribution in [2.75, 3.05) is 12.3 Å². The maximum absolute atomic E-state index is 11.8. The third kappa shape index (κ3) is 7.08. The molecule has 0 bridgehead atoms. The van der Waals surface area contributed by atoms with Crippen LogP contribution in [0.3, 0.4) is 0 Å². The van der Waals surface area contributed by atoms with Crippen LogP contribution in [0.4, 0.5) is 0 Å². The van der Waals surface area contributed by atoms with Gasteiger partial charge in [0.05, 0.1) is 0 Å². The summed E-state index contributed by atoms with van der Waals surface area (Å²) < 4.78 is 11.8. The van der Waals surface area contributed by atoms with Crippen LogP contribution in [0.15, 0.2) is 0 Å². The van der Waals surface area contributed by atoms with Crippen LogP contribution in [0.5, 0.6) is 0 Å². The molecule has 0 aromatic rings. The number of halogens is 1. The fourth-order valence-corrected chi connectivity index (χ4v) is 6.97. The first-order chi connectivity index (χ1) is 4.83. The van der Waals surface area contributed by atoms with Gasteiger partial charge in [0.15, 0.2) is 0 Å². The molecule has 0 saturated carbocycles. The van der Waals surface area contributed by atoms with Crippen molar-refractivity contribution in [1.82, 2.24) is 0 Å². The van der Waals surface area contributed by atoms with Crippen molar-refractivity contribution in [3.8, 4) is 0 Å². The molecule has 0 saturated heterocycles. The third-order valence-electron chi connectivity index (χ3n) is 1.28. The van der Waals surface area contributed by atoms with Gasteiger partial charge < -0.3 is 4.57 Å². The summed E-state index contributed by atoms with van der Waals surface area (Å²) in [6.45, 7) is 8.42. The standard InChI is InChI=1S/C8H18BrOP/c1-7(2)5-11(9,10)6-8(3)4/h7-8H,5-6H2,1-4H3. The average Bonchev–Trinajstić information content (AvgIpc) is 1.53. The Labute approximate surface area is 78.1 Å². The molecular formula is C8H18BrOP. The summed E-state index contributed by atoms with van der Waals surface area (Å²) in [6, 6.07) is 0. The molecular weight excluding hydrogens is 223 g/mol. The van der Waals surface area contributed by atoms with Crippen molar-refractivity contribution in [2.24, 2.45) is 11.8 Å². The highest BCUT2D eigenvalue weighted by molar-refractivity contribution is 9.40. The van der Waals surface area contributed by atoms with Crippen molar-refractivity contribution in [3.05, 3.63) is 0 Å². The van der Waals surface area contributed by atoms with E-state index in [1.807, 2.05) is 0 Å². The summed E-state index contributed by atoms with van der Waals surface area (Å²) >= 11 is 3.34. The van der Waals surface area contributed by atoms with Gasteiger partial charge in [-0.15, -0.1) is 0 Å². The molecule has 0 atom stereocenters. The van der Waals surface area contributed by atoms with Crippen LogP contribution in [0.1, 0.15) is 27.7 Å². The molecule has 0 rings (SSSR count). The molecule has 1 nitrogen and oxygen atoms in total. The fourth-order valence-electron chi connectivity index (χ4n) is 1.17. The normalized spacial score (nSPS) is 13.0. The van der Waals surface area contributed by atoms with E-state index in [2.05, 4.69) is 43.2 Å². The predicted octanol–water partition coefficient (Wildman–Crippen LogP) is 3.97. The SMILES string of the molecule is CC(C)CP(=O)(Br)CC(C)C. The Morgan fingerprint density at radius 2 is 1.36 bits per heavy atom. The fraction of sp³-hybridized carbons (Fsp3) is 1.00. The molecule has 68 valence electrons. The molecule has 0 aliphatic heterocycles. The maximum Gasteiger partial charge on any atom is 0.148 e. The molecule has 0 N–H and O–H groups in total. The molecule has 3 heteroatoms. The lowest BCUT2D eigenvalue weighted by molar-refractivity contribution is 0.568. The third-order valence-corrected chi connectivity index (χ3v) is 5.56. The maximum atomic E-state index is 11.8.